The van der Waals surface area contributed by atoms with Crippen LogP contribution in [0.2, 0.25) is 0 Å². The molecule has 0 radical (unpaired) electrons. The van der Waals surface area contributed by atoms with Gasteiger partial charge in [0.25, 0.3) is 0 Å². The number of ether oxygens (including phenoxy) is 7. The van der Waals surface area contributed by atoms with E-state index in [9.17, 15) is 4.79 Å². The lowest BCUT2D eigenvalue weighted by atomic mass is 9.99. The summed E-state index contributed by atoms with van der Waals surface area (Å²) in [6.45, 7) is 2.12. The first-order valence-corrected chi connectivity index (χ1v) is 10.4. The van der Waals surface area contributed by atoms with Gasteiger partial charge in [0.2, 0.25) is 0 Å². The largest absolute Gasteiger partial charge is 0.469 e. The van der Waals surface area contributed by atoms with Crippen LogP contribution in [0.5, 0.6) is 0 Å². The monoisotopic (exact) mass is 402 g/mol. The fraction of sp³-hybridized carbons (Fsp3) is 0.950. The van der Waals surface area contributed by atoms with E-state index in [0.717, 1.165) is 45.1 Å². The standard InChI is InChI=1S/C20H34O8/c1-22-13-24-12-19-16(6-4-10-26-19)27-17-8-7-14-15(5-3-9-25-14)28-18(17)11-20(21)23-2/h14-19H,3-13H2,1-2H3/t14-,15+,16-,17+,18-,19+/m0/s1. The molecule has 3 saturated heterocycles. The van der Waals surface area contributed by atoms with Crippen molar-refractivity contribution in [1.29, 1.82) is 0 Å². The topological polar surface area (TPSA) is 81.7 Å². The van der Waals surface area contributed by atoms with Gasteiger partial charge in [-0.05, 0) is 38.5 Å². The van der Waals surface area contributed by atoms with Gasteiger partial charge in [-0.3, -0.25) is 4.79 Å². The van der Waals surface area contributed by atoms with E-state index >= 15 is 0 Å². The summed E-state index contributed by atoms with van der Waals surface area (Å²) in [4.78, 5) is 12.0. The molecular formula is C20H34O8. The van der Waals surface area contributed by atoms with Gasteiger partial charge in [0, 0.05) is 20.3 Å². The van der Waals surface area contributed by atoms with Crippen molar-refractivity contribution in [2.24, 2.45) is 0 Å². The Kier molecular flexibility index (Phi) is 8.95. The predicted molar refractivity (Wildman–Crippen MR) is 99.0 cm³/mol. The minimum atomic E-state index is -0.341. The van der Waals surface area contributed by atoms with E-state index < -0.39 is 0 Å². The van der Waals surface area contributed by atoms with Gasteiger partial charge in [-0.25, -0.2) is 0 Å². The second-order valence-electron chi connectivity index (χ2n) is 7.66. The molecule has 8 heteroatoms. The van der Waals surface area contributed by atoms with Crippen molar-refractivity contribution in [2.45, 2.75) is 81.6 Å². The lowest BCUT2D eigenvalue weighted by Gasteiger charge is -2.36. The number of hydrogen-bond donors (Lipinski definition) is 0. The molecule has 0 aromatic carbocycles. The van der Waals surface area contributed by atoms with E-state index in [4.69, 9.17) is 33.2 Å². The Labute approximate surface area is 167 Å². The SMILES string of the molecule is COCOC[C@H]1OCCC[C@@H]1O[C@@H]1CC[C@@H]2OCCC[C@H]2O[C@H]1CC(=O)OC. The maximum atomic E-state index is 12.0. The highest BCUT2D eigenvalue weighted by Gasteiger charge is 2.40. The molecule has 0 aromatic rings. The second kappa shape index (κ2) is 11.4. The van der Waals surface area contributed by atoms with Crippen molar-refractivity contribution in [3.05, 3.63) is 0 Å². The number of hydrogen-bond acceptors (Lipinski definition) is 8. The van der Waals surface area contributed by atoms with Crippen LogP contribution in [-0.4, -0.2) is 83.4 Å². The van der Waals surface area contributed by atoms with Crippen LogP contribution in [0, 0.1) is 0 Å². The van der Waals surface area contributed by atoms with E-state index in [1.165, 1.54) is 7.11 Å². The number of carbonyl (C=O) groups is 1. The zero-order valence-electron chi connectivity index (χ0n) is 17.0. The minimum absolute atomic E-state index is 0.0143. The van der Waals surface area contributed by atoms with Gasteiger partial charge < -0.3 is 33.2 Å². The normalized spacial score (nSPS) is 36.4. The number of carbonyl (C=O) groups excluding carboxylic acids is 1. The second-order valence-corrected chi connectivity index (χ2v) is 7.66. The van der Waals surface area contributed by atoms with Crippen molar-refractivity contribution >= 4 is 5.97 Å². The van der Waals surface area contributed by atoms with Crippen LogP contribution in [0.4, 0.5) is 0 Å². The maximum absolute atomic E-state index is 12.0. The number of fused-ring (bicyclic) bond motifs is 1. The van der Waals surface area contributed by atoms with E-state index in [1.54, 1.807) is 7.11 Å². The molecule has 3 aliphatic rings. The Balaban J connectivity index is 1.65. The summed E-state index contributed by atoms with van der Waals surface area (Å²) in [5, 5.41) is 0. The summed E-state index contributed by atoms with van der Waals surface area (Å²) in [5.41, 5.74) is 0. The lowest BCUT2D eigenvalue weighted by Crippen LogP contribution is -2.45. The summed E-state index contributed by atoms with van der Waals surface area (Å²) < 4.78 is 40.0. The van der Waals surface area contributed by atoms with Crippen molar-refractivity contribution in [2.75, 3.05) is 40.8 Å². The van der Waals surface area contributed by atoms with Gasteiger partial charge >= 0.3 is 5.97 Å². The number of methoxy groups -OCH3 is 2. The van der Waals surface area contributed by atoms with Crippen LogP contribution in [0.3, 0.4) is 0 Å². The molecule has 0 N–H and O–H groups in total. The molecule has 3 fully saturated rings. The Bertz CT molecular complexity index is 473. The fourth-order valence-corrected chi connectivity index (χ4v) is 4.24. The van der Waals surface area contributed by atoms with Crippen LogP contribution >= 0.6 is 0 Å². The van der Waals surface area contributed by atoms with Crippen LogP contribution in [0.15, 0.2) is 0 Å². The first-order valence-electron chi connectivity index (χ1n) is 10.4. The van der Waals surface area contributed by atoms with Gasteiger partial charge in [0.1, 0.15) is 12.9 Å². The van der Waals surface area contributed by atoms with Gasteiger partial charge in [0.05, 0.1) is 50.7 Å². The number of rotatable bonds is 8. The van der Waals surface area contributed by atoms with Crippen molar-refractivity contribution in [1.82, 2.24) is 0 Å². The molecule has 0 amide bonds. The third-order valence-corrected chi connectivity index (χ3v) is 5.69. The van der Waals surface area contributed by atoms with Crippen LogP contribution in [0.1, 0.15) is 44.9 Å². The lowest BCUT2D eigenvalue weighted by molar-refractivity contribution is -0.194. The van der Waals surface area contributed by atoms with E-state index in [-0.39, 0.29) is 55.8 Å². The van der Waals surface area contributed by atoms with E-state index in [0.29, 0.717) is 13.2 Å². The molecule has 6 atom stereocenters. The van der Waals surface area contributed by atoms with Gasteiger partial charge in [-0.2, -0.15) is 0 Å². The number of esters is 1. The molecule has 0 aromatic heterocycles. The average Bonchev–Trinajstić information content (AvgIpc) is 2.89. The Morgan fingerprint density at radius 1 is 0.929 bits per heavy atom. The first-order chi connectivity index (χ1) is 13.7. The van der Waals surface area contributed by atoms with Gasteiger partial charge in [-0.15, -0.1) is 0 Å². The van der Waals surface area contributed by atoms with E-state index in [1.807, 2.05) is 0 Å². The molecule has 3 rings (SSSR count). The summed E-state index contributed by atoms with van der Waals surface area (Å²) in [5.74, 6) is -0.284. The predicted octanol–water partition coefficient (Wildman–Crippen LogP) is 1.83. The first kappa shape index (κ1) is 21.9. The van der Waals surface area contributed by atoms with Crippen molar-refractivity contribution in [3.8, 4) is 0 Å². The Hall–Kier alpha value is -0.770. The molecule has 0 spiro atoms. The van der Waals surface area contributed by atoms with Crippen molar-refractivity contribution < 1.29 is 38.0 Å². The van der Waals surface area contributed by atoms with E-state index in [2.05, 4.69) is 0 Å². The van der Waals surface area contributed by atoms with Crippen LogP contribution < -0.4 is 0 Å². The fourth-order valence-electron chi connectivity index (χ4n) is 4.24. The molecule has 0 unspecified atom stereocenters. The third kappa shape index (κ3) is 6.11. The quantitative estimate of drug-likeness (QED) is 0.346. The van der Waals surface area contributed by atoms with Crippen LogP contribution in [-0.2, 0) is 38.0 Å². The van der Waals surface area contributed by atoms with Gasteiger partial charge in [0.15, 0.2) is 0 Å². The summed E-state index contributed by atoms with van der Waals surface area (Å²) in [7, 11) is 3.00. The summed E-state index contributed by atoms with van der Waals surface area (Å²) in [6.07, 6.45) is 4.90. The highest BCUT2D eigenvalue weighted by Crippen LogP contribution is 2.32. The molecule has 0 saturated carbocycles. The molecule has 28 heavy (non-hydrogen) atoms. The molecular weight excluding hydrogens is 368 g/mol. The zero-order chi connectivity index (χ0) is 19.8. The van der Waals surface area contributed by atoms with Crippen molar-refractivity contribution in [3.63, 3.8) is 0 Å². The zero-order valence-corrected chi connectivity index (χ0v) is 17.0. The molecule has 0 bridgehead atoms. The molecule has 8 nitrogen and oxygen atoms in total. The molecule has 0 aliphatic carbocycles. The Morgan fingerprint density at radius 2 is 1.71 bits per heavy atom. The maximum Gasteiger partial charge on any atom is 0.308 e. The summed E-state index contributed by atoms with van der Waals surface area (Å²) >= 11 is 0. The van der Waals surface area contributed by atoms with Gasteiger partial charge in [-0.1, -0.05) is 0 Å². The average molecular weight is 402 g/mol. The summed E-state index contributed by atoms with van der Waals surface area (Å²) in [6, 6.07) is 0. The van der Waals surface area contributed by atoms with Crippen LogP contribution in [0.25, 0.3) is 0 Å². The molecule has 3 heterocycles. The molecule has 162 valence electrons. The highest BCUT2D eigenvalue weighted by atomic mass is 16.7. The smallest absolute Gasteiger partial charge is 0.308 e. The molecule has 3 aliphatic heterocycles. The third-order valence-electron chi connectivity index (χ3n) is 5.69. The highest BCUT2D eigenvalue weighted by molar-refractivity contribution is 5.69. The Morgan fingerprint density at radius 3 is 2.54 bits per heavy atom. The minimum Gasteiger partial charge on any atom is -0.469 e.